The van der Waals surface area contributed by atoms with E-state index in [0.717, 1.165) is 18.8 Å². The van der Waals surface area contributed by atoms with Crippen LogP contribution in [0.15, 0.2) is 24.3 Å². The number of benzene rings is 1. The molecule has 0 N–H and O–H groups in total. The van der Waals surface area contributed by atoms with Crippen molar-refractivity contribution >= 4 is 11.4 Å². The molecular formula is C12H16N2O2. The zero-order valence-electron chi connectivity index (χ0n) is 9.26. The molecule has 16 heavy (non-hydrogen) atoms. The number of nitro groups is 1. The molecule has 0 unspecified atom stereocenters. The van der Waals surface area contributed by atoms with E-state index in [9.17, 15) is 10.1 Å². The van der Waals surface area contributed by atoms with Crippen LogP contribution in [0, 0.1) is 10.1 Å². The Bertz CT molecular complexity index is 354. The summed E-state index contributed by atoms with van der Waals surface area (Å²) in [5.74, 6) is 0. The number of hydrogen-bond acceptors (Lipinski definition) is 3. The largest absolute Gasteiger partial charge is 0.372 e. The van der Waals surface area contributed by atoms with Gasteiger partial charge in [0, 0.05) is 30.9 Å². The summed E-state index contributed by atoms with van der Waals surface area (Å²) in [5.41, 5.74) is 1.27. The van der Waals surface area contributed by atoms with Crippen molar-refractivity contribution in [1.29, 1.82) is 0 Å². The molecule has 1 aromatic rings. The molecule has 0 atom stereocenters. The van der Waals surface area contributed by atoms with Gasteiger partial charge in [0.15, 0.2) is 0 Å². The lowest BCUT2D eigenvalue weighted by atomic mass is 10.2. The minimum Gasteiger partial charge on any atom is -0.372 e. The van der Waals surface area contributed by atoms with Gasteiger partial charge in [-0.2, -0.15) is 0 Å². The summed E-state index contributed by atoms with van der Waals surface area (Å²) in [6.07, 6.45) is 5.03. The Labute approximate surface area is 95.0 Å². The van der Waals surface area contributed by atoms with Crippen molar-refractivity contribution in [2.45, 2.75) is 25.7 Å². The molecule has 0 saturated carbocycles. The van der Waals surface area contributed by atoms with Gasteiger partial charge in [0.1, 0.15) is 0 Å². The molecule has 0 radical (unpaired) electrons. The molecule has 1 saturated heterocycles. The molecule has 1 heterocycles. The van der Waals surface area contributed by atoms with Crippen LogP contribution in [0.1, 0.15) is 25.7 Å². The van der Waals surface area contributed by atoms with Gasteiger partial charge >= 0.3 is 0 Å². The first-order valence-electron chi connectivity index (χ1n) is 5.77. The smallest absolute Gasteiger partial charge is 0.269 e. The van der Waals surface area contributed by atoms with Crippen molar-refractivity contribution in [2.24, 2.45) is 0 Å². The molecule has 1 aromatic carbocycles. The molecule has 0 spiro atoms. The second kappa shape index (κ2) is 4.96. The van der Waals surface area contributed by atoms with E-state index in [-0.39, 0.29) is 10.6 Å². The molecule has 86 valence electrons. The van der Waals surface area contributed by atoms with Gasteiger partial charge < -0.3 is 4.90 Å². The third kappa shape index (κ3) is 2.51. The van der Waals surface area contributed by atoms with Crippen LogP contribution in [0.25, 0.3) is 0 Å². The highest BCUT2D eigenvalue weighted by molar-refractivity contribution is 5.50. The van der Waals surface area contributed by atoms with Crippen molar-refractivity contribution in [3.63, 3.8) is 0 Å². The lowest BCUT2D eigenvalue weighted by Gasteiger charge is -2.22. The van der Waals surface area contributed by atoms with Crippen molar-refractivity contribution in [1.82, 2.24) is 0 Å². The van der Waals surface area contributed by atoms with Gasteiger partial charge in [-0.15, -0.1) is 0 Å². The van der Waals surface area contributed by atoms with Gasteiger partial charge in [-0.1, -0.05) is 12.8 Å². The monoisotopic (exact) mass is 220 g/mol. The Kier molecular flexibility index (Phi) is 3.39. The second-order valence-corrected chi connectivity index (χ2v) is 4.17. The molecule has 0 amide bonds. The van der Waals surface area contributed by atoms with Gasteiger partial charge in [0.2, 0.25) is 0 Å². The molecular weight excluding hydrogens is 204 g/mol. The van der Waals surface area contributed by atoms with E-state index in [2.05, 4.69) is 4.90 Å². The normalized spacial score (nSPS) is 16.9. The van der Waals surface area contributed by atoms with E-state index in [4.69, 9.17) is 0 Å². The molecule has 1 aliphatic rings. The summed E-state index contributed by atoms with van der Waals surface area (Å²) in [6.45, 7) is 2.13. The molecule has 1 fully saturated rings. The Balaban J connectivity index is 2.10. The topological polar surface area (TPSA) is 46.4 Å². The van der Waals surface area contributed by atoms with E-state index in [1.165, 1.54) is 25.7 Å². The van der Waals surface area contributed by atoms with E-state index >= 15 is 0 Å². The Hall–Kier alpha value is -1.58. The van der Waals surface area contributed by atoms with E-state index < -0.39 is 0 Å². The maximum absolute atomic E-state index is 10.5. The summed E-state index contributed by atoms with van der Waals surface area (Å²) in [5, 5.41) is 10.5. The lowest BCUT2D eigenvalue weighted by Crippen LogP contribution is -2.23. The SMILES string of the molecule is O=[N+]([O-])c1ccc(N2CCCCCC2)cc1. The van der Waals surface area contributed by atoms with Crippen LogP contribution in [0.4, 0.5) is 11.4 Å². The standard InChI is InChI=1S/C12H16N2O2/c15-14(16)12-7-5-11(6-8-12)13-9-3-1-2-4-10-13/h5-8H,1-4,9-10H2. The summed E-state index contributed by atoms with van der Waals surface area (Å²) >= 11 is 0. The average molecular weight is 220 g/mol. The predicted octanol–water partition coefficient (Wildman–Crippen LogP) is 2.98. The highest BCUT2D eigenvalue weighted by Crippen LogP contribution is 2.22. The zero-order valence-corrected chi connectivity index (χ0v) is 9.26. The predicted molar refractivity (Wildman–Crippen MR) is 63.8 cm³/mol. The fraction of sp³-hybridized carbons (Fsp3) is 0.500. The Morgan fingerprint density at radius 3 is 2.06 bits per heavy atom. The number of rotatable bonds is 2. The van der Waals surface area contributed by atoms with Crippen molar-refractivity contribution in [2.75, 3.05) is 18.0 Å². The number of hydrogen-bond donors (Lipinski definition) is 0. The summed E-state index contributed by atoms with van der Waals surface area (Å²) in [6, 6.07) is 6.87. The van der Waals surface area contributed by atoms with Gasteiger partial charge in [-0.3, -0.25) is 10.1 Å². The van der Waals surface area contributed by atoms with Crippen LogP contribution < -0.4 is 4.90 Å². The third-order valence-electron chi connectivity index (χ3n) is 3.03. The Morgan fingerprint density at radius 1 is 1.00 bits per heavy atom. The van der Waals surface area contributed by atoms with Crippen molar-refractivity contribution in [3.05, 3.63) is 34.4 Å². The third-order valence-corrected chi connectivity index (χ3v) is 3.03. The minimum absolute atomic E-state index is 0.165. The highest BCUT2D eigenvalue weighted by atomic mass is 16.6. The van der Waals surface area contributed by atoms with Gasteiger partial charge in [-0.05, 0) is 25.0 Å². The number of non-ortho nitro benzene ring substituents is 1. The molecule has 4 nitrogen and oxygen atoms in total. The fourth-order valence-electron chi connectivity index (χ4n) is 2.11. The second-order valence-electron chi connectivity index (χ2n) is 4.17. The van der Waals surface area contributed by atoms with Gasteiger partial charge in [0.05, 0.1) is 4.92 Å². The molecule has 0 aliphatic carbocycles. The fourth-order valence-corrected chi connectivity index (χ4v) is 2.11. The van der Waals surface area contributed by atoms with Crippen LogP contribution >= 0.6 is 0 Å². The van der Waals surface area contributed by atoms with Crippen molar-refractivity contribution in [3.8, 4) is 0 Å². The summed E-state index contributed by atoms with van der Waals surface area (Å²) < 4.78 is 0. The first kappa shape index (κ1) is 10.9. The molecule has 0 bridgehead atoms. The van der Waals surface area contributed by atoms with Crippen molar-refractivity contribution < 1.29 is 4.92 Å². The van der Waals surface area contributed by atoms with Crippen LogP contribution in [0.5, 0.6) is 0 Å². The quantitative estimate of drug-likeness (QED) is 0.568. The number of anilines is 1. The Morgan fingerprint density at radius 2 is 1.56 bits per heavy atom. The molecule has 0 aromatic heterocycles. The number of nitro benzene ring substituents is 1. The molecule has 1 aliphatic heterocycles. The zero-order chi connectivity index (χ0) is 11.4. The number of nitrogens with zero attached hydrogens (tertiary/aromatic N) is 2. The molecule has 2 rings (SSSR count). The highest BCUT2D eigenvalue weighted by Gasteiger charge is 2.11. The van der Waals surface area contributed by atoms with Crippen LogP contribution in [-0.2, 0) is 0 Å². The van der Waals surface area contributed by atoms with Crippen LogP contribution in [-0.4, -0.2) is 18.0 Å². The van der Waals surface area contributed by atoms with Gasteiger partial charge in [0.25, 0.3) is 5.69 Å². The average Bonchev–Trinajstić information content (AvgIpc) is 2.57. The first-order valence-corrected chi connectivity index (χ1v) is 5.77. The lowest BCUT2D eigenvalue weighted by molar-refractivity contribution is -0.384. The van der Waals surface area contributed by atoms with Crippen LogP contribution in [0.3, 0.4) is 0 Å². The van der Waals surface area contributed by atoms with E-state index in [1.54, 1.807) is 12.1 Å². The van der Waals surface area contributed by atoms with Crippen LogP contribution in [0.2, 0.25) is 0 Å². The summed E-state index contributed by atoms with van der Waals surface area (Å²) in [7, 11) is 0. The maximum Gasteiger partial charge on any atom is 0.269 e. The first-order chi connectivity index (χ1) is 7.77. The summed E-state index contributed by atoms with van der Waals surface area (Å²) in [4.78, 5) is 12.5. The minimum atomic E-state index is -0.355. The maximum atomic E-state index is 10.5. The van der Waals surface area contributed by atoms with Gasteiger partial charge in [-0.25, -0.2) is 0 Å². The van der Waals surface area contributed by atoms with E-state index in [1.807, 2.05) is 12.1 Å². The molecule has 4 heteroatoms. The van der Waals surface area contributed by atoms with E-state index in [0.29, 0.717) is 0 Å².